The molecule has 0 saturated heterocycles. The minimum absolute atomic E-state index is 0.0327. The summed E-state index contributed by atoms with van der Waals surface area (Å²) in [6, 6.07) is 10.8. The Morgan fingerprint density at radius 2 is 1.85 bits per heavy atom. The Kier molecular flexibility index (Phi) is 3.72. The van der Waals surface area contributed by atoms with Crippen LogP contribution in [0.25, 0.3) is 0 Å². The smallest absolute Gasteiger partial charge is 0.206 e. The quantitative estimate of drug-likeness (QED) is 0.871. The molecular formula is C14H10FNO3S. The van der Waals surface area contributed by atoms with Crippen molar-refractivity contribution >= 4 is 9.84 Å². The van der Waals surface area contributed by atoms with Gasteiger partial charge in [0, 0.05) is 0 Å². The fraction of sp³-hybridized carbons (Fsp3) is 0.0714. The molecule has 0 N–H and O–H groups in total. The molecule has 2 aromatic rings. The Balaban J connectivity index is 2.55. The maximum atomic E-state index is 13.6. The predicted molar refractivity (Wildman–Crippen MR) is 69.6 cm³/mol. The molecule has 0 aromatic heterocycles. The highest BCUT2D eigenvalue weighted by Gasteiger charge is 2.19. The molecule has 0 heterocycles. The maximum Gasteiger partial charge on any atom is 0.206 e. The number of hydrogen-bond donors (Lipinski definition) is 0. The van der Waals surface area contributed by atoms with Gasteiger partial charge in [0.15, 0.2) is 11.6 Å². The molecule has 2 rings (SSSR count). The third-order valence-electron chi connectivity index (χ3n) is 2.71. The van der Waals surface area contributed by atoms with Crippen LogP contribution in [0.3, 0.4) is 0 Å². The van der Waals surface area contributed by atoms with Crippen LogP contribution in [0.4, 0.5) is 4.39 Å². The number of ether oxygens (including phenoxy) is 1. The Hall–Kier alpha value is -2.39. The van der Waals surface area contributed by atoms with Gasteiger partial charge < -0.3 is 4.74 Å². The molecule has 2 aromatic carbocycles. The summed E-state index contributed by atoms with van der Waals surface area (Å²) in [4.78, 5) is -0.244. The van der Waals surface area contributed by atoms with Gasteiger partial charge in [0.2, 0.25) is 9.84 Å². The lowest BCUT2D eigenvalue weighted by molar-refractivity contribution is 0.385. The van der Waals surface area contributed by atoms with Gasteiger partial charge in [-0.1, -0.05) is 6.07 Å². The van der Waals surface area contributed by atoms with E-state index in [0.717, 1.165) is 6.07 Å². The van der Waals surface area contributed by atoms with Crippen molar-refractivity contribution in [3.63, 3.8) is 0 Å². The molecule has 0 bridgehead atoms. The minimum atomic E-state index is -3.87. The van der Waals surface area contributed by atoms with E-state index in [2.05, 4.69) is 0 Å². The minimum Gasteiger partial charge on any atom is -0.494 e. The first-order valence-corrected chi connectivity index (χ1v) is 7.06. The van der Waals surface area contributed by atoms with Crippen molar-refractivity contribution in [1.82, 2.24) is 0 Å². The standard InChI is InChI=1S/C14H10FNO3S/c1-19-14-6-5-12(8-13(14)15)20(17,18)11-4-2-3-10(7-11)9-16/h2-8H,1H3. The van der Waals surface area contributed by atoms with E-state index in [1.165, 1.54) is 43.5 Å². The van der Waals surface area contributed by atoms with Crippen molar-refractivity contribution in [1.29, 1.82) is 5.26 Å². The summed E-state index contributed by atoms with van der Waals surface area (Å²) >= 11 is 0. The summed E-state index contributed by atoms with van der Waals surface area (Å²) in [6.45, 7) is 0. The molecule has 0 spiro atoms. The average molecular weight is 291 g/mol. The number of hydrogen-bond acceptors (Lipinski definition) is 4. The fourth-order valence-corrected chi connectivity index (χ4v) is 3.00. The van der Waals surface area contributed by atoms with E-state index in [1.807, 2.05) is 6.07 Å². The first-order valence-electron chi connectivity index (χ1n) is 5.58. The summed E-state index contributed by atoms with van der Waals surface area (Å²) in [7, 11) is -2.57. The molecule has 20 heavy (non-hydrogen) atoms. The van der Waals surface area contributed by atoms with Gasteiger partial charge in [0.05, 0.1) is 28.5 Å². The Morgan fingerprint density at radius 1 is 1.15 bits per heavy atom. The monoisotopic (exact) mass is 291 g/mol. The summed E-state index contributed by atoms with van der Waals surface area (Å²) in [5.74, 6) is -0.792. The Labute approximate surface area is 116 Å². The van der Waals surface area contributed by atoms with Crippen molar-refractivity contribution < 1.29 is 17.5 Å². The summed E-state index contributed by atoms with van der Waals surface area (Å²) in [6.07, 6.45) is 0. The molecule has 6 heteroatoms. The van der Waals surface area contributed by atoms with Crippen LogP contribution < -0.4 is 4.74 Å². The van der Waals surface area contributed by atoms with Gasteiger partial charge in [0.25, 0.3) is 0 Å². The molecule has 0 aliphatic heterocycles. The second-order valence-corrected chi connectivity index (χ2v) is 5.89. The number of sulfone groups is 1. The molecule has 0 amide bonds. The van der Waals surface area contributed by atoms with E-state index in [1.54, 1.807) is 0 Å². The van der Waals surface area contributed by atoms with Crippen LogP contribution in [0, 0.1) is 17.1 Å². The molecule has 102 valence electrons. The molecule has 0 unspecified atom stereocenters. The lowest BCUT2D eigenvalue weighted by Gasteiger charge is -2.07. The molecule has 0 atom stereocenters. The van der Waals surface area contributed by atoms with Crippen molar-refractivity contribution in [2.75, 3.05) is 7.11 Å². The number of benzene rings is 2. The van der Waals surface area contributed by atoms with E-state index in [0.29, 0.717) is 0 Å². The number of rotatable bonds is 3. The van der Waals surface area contributed by atoms with Crippen LogP contribution in [-0.4, -0.2) is 15.5 Å². The molecule has 0 aliphatic rings. The highest BCUT2D eigenvalue weighted by Crippen LogP contribution is 2.25. The van der Waals surface area contributed by atoms with Gasteiger partial charge in [0.1, 0.15) is 0 Å². The second kappa shape index (κ2) is 5.31. The maximum absolute atomic E-state index is 13.6. The zero-order valence-corrected chi connectivity index (χ0v) is 11.3. The fourth-order valence-electron chi connectivity index (χ4n) is 1.68. The van der Waals surface area contributed by atoms with Gasteiger partial charge in [-0.05, 0) is 36.4 Å². The third-order valence-corrected chi connectivity index (χ3v) is 4.46. The van der Waals surface area contributed by atoms with Gasteiger partial charge in [-0.2, -0.15) is 5.26 Å². The van der Waals surface area contributed by atoms with Crippen molar-refractivity contribution in [3.05, 3.63) is 53.8 Å². The zero-order chi connectivity index (χ0) is 14.8. The Morgan fingerprint density at radius 3 is 2.45 bits per heavy atom. The first-order chi connectivity index (χ1) is 9.48. The number of methoxy groups -OCH3 is 1. The summed E-state index contributed by atoms with van der Waals surface area (Å²) in [5, 5.41) is 8.79. The highest BCUT2D eigenvalue weighted by atomic mass is 32.2. The number of halogens is 1. The Bertz CT molecular complexity index is 794. The number of nitrogens with zero attached hydrogens (tertiary/aromatic N) is 1. The van der Waals surface area contributed by atoms with Crippen molar-refractivity contribution in [2.24, 2.45) is 0 Å². The van der Waals surface area contributed by atoms with E-state index in [-0.39, 0.29) is 21.1 Å². The lowest BCUT2D eigenvalue weighted by Crippen LogP contribution is -2.03. The van der Waals surface area contributed by atoms with Crippen LogP contribution >= 0.6 is 0 Å². The largest absolute Gasteiger partial charge is 0.494 e. The zero-order valence-electron chi connectivity index (χ0n) is 10.5. The normalized spacial score (nSPS) is 10.8. The van der Waals surface area contributed by atoms with Crippen molar-refractivity contribution in [2.45, 2.75) is 9.79 Å². The summed E-state index contributed by atoms with van der Waals surface area (Å²) < 4.78 is 43.0. The van der Waals surface area contributed by atoms with Crippen LogP contribution in [0.15, 0.2) is 52.3 Å². The van der Waals surface area contributed by atoms with Gasteiger partial charge >= 0.3 is 0 Å². The topological polar surface area (TPSA) is 67.2 Å². The molecular weight excluding hydrogens is 281 g/mol. The predicted octanol–water partition coefficient (Wildman–Crippen LogP) is 2.54. The molecule has 0 radical (unpaired) electrons. The molecule has 0 saturated carbocycles. The summed E-state index contributed by atoms with van der Waals surface area (Å²) in [5.41, 5.74) is 0.222. The molecule has 0 aliphatic carbocycles. The second-order valence-electron chi connectivity index (χ2n) is 3.94. The van der Waals surface area contributed by atoms with E-state index in [4.69, 9.17) is 10.00 Å². The van der Waals surface area contributed by atoms with E-state index in [9.17, 15) is 12.8 Å². The van der Waals surface area contributed by atoms with Crippen LogP contribution in [0.2, 0.25) is 0 Å². The lowest BCUT2D eigenvalue weighted by atomic mass is 10.2. The third kappa shape index (κ3) is 2.49. The van der Waals surface area contributed by atoms with Crippen LogP contribution in [0.1, 0.15) is 5.56 Å². The molecule has 4 nitrogen and oxygen atoms in total. The van der Waals surface area contributed by atoms with Gasteiger partial charge in [-0.15, -0.1) is 0 Å². The SMILES string of the molecule is COc1ccc(S(=O)(=O)c2cccc(C#N)c2)cc1F. The number of nitriles is 1. The highest BCUT2D eigenvalue weighted by molar-refractivity contribution is 7.91. The van der Waals surface area contributed by atoms with E-state index < -0.39 is 15.7 Å². The van der Waals surface area contributed by atoms with Crippen LogP contribution in [0.5, 0.6) is 5.75 Å². The first kappa shape index (κ1) is 14.0. The molecule has 0 fully saturated rings. The van der Waals surface area contributed by atoms with Gasteiger partial charge in [-0.25, -0.2) is 12.8 Å². The van der Waals surface area contributed by atoms with Gasteiger partial charge in [-0.3, -0.25) is 0 Å². The average Bonchev–Trinajstić information content (AvgIpc) is 2.47. The van der Waals surface area contributed by atoms with Crippen molar-refractivity contribution in [3.8, 4) is 11.8 Å². The van der Waals surface area contributed by atoms with Crippen LogP contribution in [-0.2, 0) is 9.84 Å². The van der Waals surface area contributed by atoms with E-state index >= 15 is 0 Å².